The van der Waals surface area contributed by atoms with Gasteiger partial charge in [-0.1, -0.05) is 20.3 Å². The van der Waals surface area contributed by atoms with Gasteiger partial charge < -0.3 is 0 Å². The Hall–Kier alpha value is -0.550. The number of hydrogen-bond acceptors (Lipinski definition) is 2. The number of hydrogen-bond donors (Lipinski definition) is 0. The van der Waals surface area contributed by atoms with Crippen LogP contribution in [-0.4, -0.2) is 24.0 Å². The van der Waals surface area contributed by atoms with Crippen LogP contribution < -0.4 is 0 Å². The zero-order valence-electron chi connectivity index (χ0n) is 9.95. The fourth-order valence-electron chi connectivity index (χ4n) is 3.19. The third kappa shape index (κ3) is 2.18. The summed E-state index contributed by atoms with van der Waals surface area (Å²) in [5.74, 6) is 1.98. The Morgan fingerprint density at radius 1 is 1.27 bits per heavy atom. The highest BCUT2D eigenvalue weighted by Gasteiger charge is 2.36. The topological polar surface area (TPSA) is 27.0 Å². The van der Waals surface area contributed by atoms with E-state index in [4.69, 9.17) is 5.26 Å². The normalized spacial score (nSPS) is 37.3. The maximum Gasteiger partial charge on any atom is 0.0672 e. The molecule has 2 fully saturated rings. The van der Waals surface area contributed by atoms with E-state index in [9.17, 15) is 0 Å². The quantitative estimate of drug-likeness (QED) is 0.694. The predicted molar refractivity (Wildman–Crippen MR) is 61.3 cm³/mol. The van der Waals surface area contributed by atoms with Crippen molar-refractivity contribution < 1.29 is 0 Å². The van der Waals surface area contributed by atoms with Crippen LogP contribution in [0.3, 0.4) is 0 Å². The Morgan fingerprint density at radius 3 is 2.67 bits per heavy atom. The monoisotopic (exact) mass is 206 g/mol. The summed E-state index contributed by atoms with van der Waals surface area (Å²) in [7, 11) is 0. The average molecular weight is 206 g/mol. The lowest BCUT2D eigenvalue weighted by molar-refractivity contribution is 0.205. The van der Waals surface area contributed by atoms with Crippen molar-refractivity contribution in [2.75, 3.05) is 13.1 Å². The van der Waals surface area contributed by atoms with Crippen LogP contribution in [0.4, 0.5) is 0 Å². The van der Waals surface area contributed by atoms with Crippen molar-refractivity contribution in [3.8, 4) is 6.07 Å². The molecule has 1 saturated carbocycles. The van der Waals surface area contributed by atoms with Crippen molar-refractivity contribution >= 4 is 0 Å². The van der Waals surface area contributed by atoms with E-state index in [-0.39, 0.29) is 0 Å². The maximum atomic E-state index is 9.10. The number of nitrogens with zero attached hydrogens (tertiary/aromatic N) is 2. The molecule has 15 heavy (non-hydrogen) atoms. The van der Waals surface area contributed by atoms with Crippen LogP contribution in [0.15, 0.2) is 0 Å². The molecule has 0 aromatic carbocycles. The SMILES string of the molecule is CC(C)C1CCN(C2CCCC2C#N)C1. The standard InChI is InChI=1S/C13H22N2/c1-10(2)12-6-7-15(9-12)13-5-3-4-11(13)8-14/h10-13H,3-7,9H2,1-2H3. The van der Waals surface area contributed by atoms with E-state index < -0.39 is 0 Å². The first-order chi connectivity index (χ1) is 7.22. The molecule has 1 aliphatic heterocycles. The van der Waals surface area contributed by atoms with Crippen LogP contribution in [0, 0.1) is 29.1 Å². The first kappa shape index (κ1) is 11.0. The molecule has 0 amide bonds. The van der Waals surface area contributed by atoms with Crippen LogP contribution >= 0.6 is 0 Å². The largest absolute Gasteiger partial charge is 0.299 e. The lowest BCUT2D eigenvalue weighted by Crippen LogP contribution is -2.36. The molecule has 2 heteroatoms. The summed E-state index contributed by atoms with van der Waals surface area (Å²) in [6.07, 6.45) is 4.98. The fourth-order valence-corrected chi connectivity index (χ4v) is 3.19. The molecule has 1 saturated heterocycles. The Morgan fingerprint density at radius 2 is 2.07 bits per heavy atom. The minimum absolute atomic E-state index is 0.316. The third-order valence-electron chi connectivity index (χ3n) is 4.31. The highest BCUT2D eigenvalue weighted by atomic mass is 15.2. The second-order valence-electron chi connectivity index (χ2n) is 5.52. The highest BCUT2D eigenvalue weighted by Crippen LogP contribution is 2.34. The van der Waals surface area contributed by atoms with Crippen LogP contribution in [0.25, 0.3) is 0 Å². The molecule has 0 aromatic heterocycles. The Kier molecular flexibility index (Phi) is 3.31. The number of rotatable bonds is 2. The van der Waals surface area contributed by atoms with Gasteiger partial charge in [0.05, 0.1) is 12.0 Å². The number of likely N-dealkylation sites (tertiary alicyclic amines) is 1. The lowest BCUT2D eigenvalue weighted by Gasteiger charge is -2.26. The smallest absolute Gasteiger partial charge is 0.0672 e. The third-order valence-corrected chi connectivity index (χ3v) is 4.31. The molecule has 0 aromatic rings. The van der Waals surface area contributed by atoms with Gasteiger partial charge in [-0.05, 0) is 37.6 Å². The van der Waals surface area contributed by atoms with Gasteiger partial charge in [-0.2, -0.15) is 5.26 Å². The highest BCUT2D eigenvalue weighted by molar-refractivity contribution is 4.99. The van der Waals surface area contributed by atoms with Gasteiger partial charge in [0, 0.05) is 12.6 Å². The molecule has 84 valence electrons. The molecule has 0 N–H and O–H groups in total. The summed E-state index contributed by atoms with van der Waals surface area (Å²) in [6, 6.07) is 3.08. The first-order valence-corrected chi connectivity index (χ1v) is 6.36. The molecular weight excluding hydrogens is 184 g/mol. The van der Waals surface area contributed by atoms with Gasteiger partial charge in [-0.25, -0.2) is 0 Å². The van der Waals surface area contributed by atoms with Gasteiger partial charge in [-0.15, -0.1) is 0 Å². The van der Waals surface area contributed by atoms with E-state index in [0.717, 1.165) is 18.3 Å². The second-order valence-corrected chi connectivity index (χ2v) is 5.52. The molecule has 0 bridgehead atoms. The lowest BCUT2D eigenvalue weighted by atomic mass is 9.95. The molecule has 2 aliphatic rings. The van der Waals surface area contributed by atoms with Crippen molar-refractivity contribution in [1.29, 1.82) is 5.26 Å². The molecule has 0 radical (unpaired) electrons. The maximum absolute atomic E-state index is 9.10. The van der Waals surface area contributed by atoms with Crippen LogP contribution in [0.5, 0.6) is 0 Å². The molecule has 1 heterocycles. The van der Waals surface area contributed by atoms with E-state index in [1.54, 1.807) is 0 Å². The molecule has 2 nitrogen and oxygen atoms in total. The molecule has 2 rings (SSSR count). The predicted octanol–water partition coefficient (Wildman–Crippen LogP) is 2.66. The van der Waals surface area contributed by atoms with E-state index in [2.05, 4.69) is 24.8 Å². The van der Waals surface area contributed by atoms with E-state index in [1.807, 2.05) is 0 Å². The van der Waals surface area contributed by atoms with Crippen molar-refractivity contribution in [3.05, 3.63) is 0 Å². The molecule has 0 spiro atoms. The number of nitriles is 1. The Balaban J connectivity index is 1.93. The molecule has 1 aliphatic carbocycles. The summed E-state index contributed by atoms with van der Waals surface area (Å²) in [4.78, 5) is 2.59. The van der Waals surface area contributed by atoms with E-state index in [0.29, 0.717) is 12.0 Å². The molecule has 3 atom stereocenters. The Bertz CT molecular complexity index is 254. The summed E-state index contributed by atoms with van der Waals surface area (Å²) in [5, 5.41) is 9.10. The van der Waals surface area contributed by atoms with Gasteiger partial charge in [0.1, 0.15) is 0 Å². The summed E-state index contributed by atoms with van der Waals surface area (Å²) >= 11 is 0. The van der Waals surface area contributed by atoms with Gasteiger partial charge in [0.15, 0.2) is 0 Å². The Labute approximate surface area is 93.3 Å². The average Bonchev–Trinajstić information content (AvgIpc) is 2.85. The van der Waals surface area contributed by atoms with Gasteiger partial charge in [-0.3, -0.25) is 4.90 Å². The fraction of sp³-hybridized carbons (Fsp3) is 0.923. The summed E-state index contributed by atoms with van der Waals surface area (Å²) in [5.41, 5.74) is 0. The first-order valence-electron chi connectivity index (χ1n) is 6.36. The van der Waals surface area contributed by atoms with Crippen molar-refractivity contribution in [3.63, 3.8) is 0 Å². The summed E-state index contributed by atoms with van der Waals surface area (Å²) in [6.45, 7) is 7.11. The van der Waals surface area contributed by atoms with Gasteiger partial charge >= 0.3 is 0 Å². The van der Waals surface area contributed by atoms with Crippen LogP contribution in [0.2, 0.25) is 0 Å². The zero-order valence-corrected chi connectivity index (χ0v) is 9.95. The van der Waals surface area contributed by atoms with Gasteiger partial charge in [0.25, 0.3) is 0 Å². The van der Waals surface area contributed by atoms with E-state index >= 15 is 0 Å². The van der Waals surface area contributed by atoms with Crippen molar-refractivity contribution in [1.82, 2.24) is 4.90 Å². The molecular formula is C13H22N2. The van der Waals surface area contributed by atoms with Crippen molar-refractivity contribution in [2.24, 2.45) is 17.8 Å². The molecule has 3 unspecified atom stereocenters. The minimum atomic E-state index is 0.316. The van der Waals surface area contributed by atoms with Crippen LogP contribution in [0.1, 0.15) is 39.5 Å². The minimum Gasteiger partial charge on any atom is -0.299 e. The second kappa shape index (κ2) is 4.53. The van der Waals surface area contributed by atoms with Crippen molar-refractivity contribution in [2.45, 2.75) is 45.6 Å². The summed E-state index contributed by atoms with van der Waals surface area (Å²) < 4.78 is 0. The van der Waals surface area contributed by atoms with E-state index in [1.165, 1.54) is 32.4 Å². The van der Waals surface area contributed by atoms with Gasteiger partial charge in [0.2, 0.25) is 0 Å². The zero-order chi connectivity index (χ0) is 10.8. The van der Waals surface area contributed by atoms with Crippen LogP contribution in [-0.2, 0) is 0 Å².